The molecule has 3 amide bonds. The van der Waals surface area contributed by atoms with Crippen LogP contribution in [0.3, 0.4) is 0 Å². The summed E-state index contributed by atoms with van der Waals surface area (Å²) in [5.74, 6) is -0.390. The van der Waals surface area contributed by atoms with Gasteiger partial charge in [-0.2, -0.15) is 0 Å². The van der Waals surface area contributed by atoms with Crippen molar-refractivity contribution in [2.75, 3.05) is 13.7 Å². The van der Waals surface area contributed by atoms with Gasteiger partial charge < -0.3 is 25.1 Å². The number of rotatable bonds is 5. The highest BCUT2D eigenvalue weighted by molar-refractivity contribution is 5.91. The molecule has 2 aromatic rings. The van der Waals surface area contributed by atoms with Crippen molar-refractivity contribution >= 4 is 17.7 Å². The second-order valence-corrected chi connectivity index (χ2v) is 5.75. The van der Waals surface area contributed by atoms with E-state index in [9.17, 15) is 14.4 Å². The lowest BCUT2D eigenvalue weighted by molar-refractivity contribution is -0.148. The van der Waals surface area contributed by atoms with Gasteiger partial charge in [0.15, 0.2) is 11.9 Å². The van der Waals surface area contributed by atoms with Gasteiger partial charge in [-0.3, -0.25) is 14.4 Å². The normalized spacial score (nSPS) is 19.5. The van der Waals surface area contributed by atoms with Crippen LogP contribution in [0.1, 0.15) is 27.9 Å². The lowest BCUT2D eigenvalue weighted by Gasteiger charge is -2.31. The van der Waals surface area contributed by atoms with Gasteiger partial charge in [0.25, 0.3) is 11.8 Å². The highest BCUT2D eigenvalue weighted by atomic mass is 16.5. The van der Waals surface area contributed by atoms with E-state index in [1.165, 1.54) is 13.1 Å². The largest absolute Gasteiger partial charge is 0.454 e. The van der Waals surface area contributed by atoms with Crippen LogP contribution >= 0.6 is 0 Å². The number of benzene rings is 1. The first-order valence-electron chi connectivity index (χ1n) is 8.13. The Balaban J connectivity index is 1.66. The Morgan fingerprint density at radius 1 is 1.19 bits per heavy atom. The highest BCUT2D eigenvalue weighted by Gasteiger charge is 2.35. The molecule has 0 aliphatic carbocycles. The Labute approximate surface area is 149 Å². The van der Waals surface area contributed by atoms with Gasteiger partial charge in [-0.1, -0.05) is 30.3 Å². The topological polar surface area (TPSA) is 110 Å². The van der Waals surface area contributed by atoms with Crippen LogP contribution in [0.15, 0.2) is 46.9 Å². The zero-order valence-electron chi connectivity index (χ0n) is 14.2. The van der Waals surface area contributed by atoms with E-state index < -0.39 is 12.1 Å². The maximum atomic E-state index is 12.6. The maximum Gasteiger partial charge on any atom is 0.286 e. The Morgan fingerprint density at radius 2 is 1.96 bits per heavy atom. The van der Waals surface area contributed by atoms with Crippen LogP contribution in [-0.4, -0.2) is 37.5 Å². The predicted octanol–water partition coefficient (Wildman–Crippen LogP) is 0.512. The van der Waals surface area contributed by atoms with E-state index in [2.05, 4.69) is 16.0 Å². The third-order valence-electron chi connectivity index (χ3n) is 3.98. The molecule has 0 unspecified atom stereocenters. The molecular weight excluding hydrogens is 338 g/mol. The van der Waals surface area contributed by atoms with Crippen LogP contribution in [-0.2, 0) is 20.9 Å². The van der Waals surface area contributed by atoms with Crippen molar-refractivity contribution in [3.05, 3.63) is 59.5 Å². The molecule has 1 fully saturated rings. The van der Waals surface area contributed by atoms with Gasteiger partial charge >= 0.3 is 0 Å². The van der Waals surface area contributed by atoms with Crippen molar-refractivity contribution in [1.29, 1.82) is 0 Å². The molecule has 1 aliphatic rings. The Hall–Kier alpha value is -3.13. The molecule has 1 aromatic carbocycles. The summed E-state index contributed by atoms with van der Waals surface area (Å²) < 4.78 is 10.8. The molecule has 0 saturated carbocycles. The van der Waals surface area contributed by atoms with Gasteiger partial charge in [0.2, 0.25) is 5.91 Å². The molecular formula is C18H19N3O5. The van der Waals surface area contributed by atoms with E-state index in [0.717, 1.165) is 5.56 Å². The van der Waals surface area contributed by atoms with Gasteiger partial charge in [-0.15, -0.1) is 0 Å². The predicted molar refractivity (Wildman–Crippen MR) is 91.0 cm³/mol. The van der Waals surface area contributed by atoms with Crippen molar-refractivity contribution in [2.45, 2.75) is 18.7 Å². The summed E-state index contributed by atoms with van der Waals surface area (Å²) in [4.78, 5) is 35.7. The van der Waals surface area contributed by atoms with Gasteiger partial charge in [-0.25, -0.2) is 0 Å². The third-order valence-corrected chi connectivity index (χ3v) is 3.98. The van der Waals surface area contributed by atoms with Crippen molar-refractivity contribution in [3.63, 3.8) is 0 Å². The minimum absolute atomic E-state index is 0.102. The molecule has 2 heterocycles. The summed E-state index contributed by atoms with van der Waals surface area (Å²) in [7, 11) is 1.50. The van der Waals surface area contributed by atoms with Gasteiger partial charge in [-0.05, 0) is 17.7 Å². The van der Waals surface area contributed by atoms with Crippen molar-refractivity contribution in [3.8, 4) is 0 Å². The summed E-state index contributed by atoms with van der Waals surface area (Å²) in [5, 5.41) is 7.96. The van der Waals surface area contributed by atoms with Gasteiger partial charge in [0, 0.05) is 7.05 Å². The van der Waals surface area contributed by atoms with Crippen molar-refractivity contribution < 1.29 is 23.5 Å². The number of furan rings is 1. The fraction of sp³-hybridized carbons (Fsp3) is 0.278. The van der Waals surface area contributed by atoms with Crippen LogP contribution in [0.5, 0.6) is 0 Å². The SMILES string of the molecule is CNC(=O)c1ccc(CNC(=O)[C@H]2OCC(=O)N[C@@H]2c2ccccc2)o1. The van der Waals surface area contributed by atoms with Crippen LogP contribution in [0.4, 0.5) is 0 Å². The smallest absolute Gasteiger partial charge is 0.286 e. The molecule has 8 heteroatoms. The van der Waals surface area contributed by atoms with Gasteiger partial charge in [0.1, 0.15) is 12.4 Å². The van der Waals surface area contributed by atoms with Crippen LogP contribution in [0, 0.1) is 0 Å². The average Bonchev–Trinajstić information content (AvgIpc) is 3.15. The fourth-order valence-corrected chi connectivity index (χ4v) is 2.69. The lowest BCUT2D eigenvalue weighted by atomic mass is 9.99. The van der Waals surface area contributed by atoms with E-state index in [1.807, 2.05) is 30.3 Å². The third kappa shape index (κ3) is 3.92. The lowest BCUT2D eigenvalue weighted by Crippen LogP contribution is -2.52. The number of carbonyl (C=O) groups excluding carboxylic acids is 3. The molecule has 3 N–H and O–H groups in total. The first-order chi connectivity index (χ1) is 12.6. The molecule has 1 aliphatic heterocycles. The Kier molecular flexibility index (Phi) is 5.33. The molecule has 0 radical (unpaired) electrons. The summed E-state index contributed by atoms with van der Waals surface area (Å²) in [6.45, 7) is -0.0753. The number of amides is 3. The zero-order valence-corrected chi connectivity index (χ0v) is 14.2. The highest BCUT2D eigenvalue weighted by Crippen LogP contribution is 2.22. The zero-order chi connectivity index (χ0) is 18.5. The molecule has 3 rings (SSSR count). The molecule has 8 nitrogen and oxygen atoms in total. The van der Waals surface area contributed by atoms with Crippen LogP contribution in [0.25, 0.3) is 0 Å². The quantitative estimate of drug-likeness (QED) is 0.722. The molecule has 0 bridgehead atoms. The number of nitrogens with one attached hydrogen (secondary N) is 3. The van der Waals surface area contributed by atoms with E-state index in [1.54, 1.807) is 6.07 Å². The molecule has 2 atom stereocenters. The second kappa shape index (κ2) is 7.83. The van der Waals surface area contributed by atoms with Crippen LogP contribution in [0.2, 0.25) is 0 Å². The number of hydrogen-bond donors (Lipinski definition) is 3. The fourth-order valence-electron chi connectivity index (χ4n) is 2.69. The molecule has 0 spiro atoms. The van der Waals surface area contributed by atoms with Gasteiger partial charge in [0.05, 0.1) is 12.6 Å². The number of carbonyl (C=O) groups is 3. The molecule has 1 aromatic heterocycles. The molecule has 136 valence electrons. The summed E-state index contributed by atoms with van der Waals surface area (Å²) in [6.07, 6.45) is -0.858. The maximum absolute atomic E-state index is 12.6. The summed E-state index contributed by atoms with van der Waals surface area (Å²) >= 11 is 0. The van der Waals surface area contributed by atoms with Crippen molar-refractivity contribution in [1.82, 2.24) is 16.0 Å². The molecule has 1 saturated heterocycles. The van der Waals surface area contributed by atoms with E-state index in [0.29, 0.717) is 5.76 Å². The van der Waals surface area contributed by atoms with Crippen LogP contribution < -0.4 is 16.0 Å². The number of ether oxygens (including phenoxy) is 1. The van der Waals surface area contributed by atoms with Crippen molar-refractivity contribution in [2.24, 2.45) is 0 Å². The first kappa shape index (κ1) is 17.7. The second-order valence-electron chi connectivity index (χ2n) is 5.75. The van der Waals surface area contributed by atoms with E-state index >= 15 is 0 Å². The number of morpholine rings is 1. The standard InChI is InChI=1S/C18H19N3O5/c1-19-17(23)13-8-7-12(26-13)9-20-18(24)16-15(21-14(22)10-25-16)11-5-3-2-4-6-11/h2-8,15-16H,9-10H2,1H3,(H,19,23)(H,20,24)(H,21,22)/t15-,16+/m1/s1. The Morgan fingerprint density at radius 3 is 2.69 bits per heavy atom. The first-order valence-corrected chi connectivity index (χ1v) is 8.13. The number of hydrogen-bond acceptors (Lipinski definition) is 5. The van der Waals surface area contributed by atoms with E-state index in [-0.39, 0.29) is 36.6 Å². The Bertz CT molecular complexity index is 802. The van der Waals surface area contributed by atoms with E-state index in [4.69, 9.17) is 9.15 Å². The minimum atomic E-state index is -0.858. The summed E-state index contributed by atoms with van der Waals surface area (Å²) in [5.41, 5.74) is 0.778. The minimum Gasteiger partial charge on any atom is -0.454 e. The molecule has 26 heavy (non-hydrogen) atoms. The summed E-state index contributed by atoms with van der Waals surface area (Å²) in [6, 6.07) is 11.7. The average molecular weight is 357 g/mol. The monoisotopic (exact) mass is 357 g/mol.